The highest BCUT2D eigenvalue weighted by Gasteiger charge is 2.15. The Morgan fingerprint density at radius 2 is 1.84 bits per heavy atom. The van der Waals surface area contributed by atoms with Crippen molar-refractivity contribution in [1.82, 2.24) is 0 Å². The summed E-state index contributed by atoms with van der Waals surface area (Å²) in [7, 11) is 0. The van der Waals surface area contributed by atoms with Gasteiger partial charge in [-0.2, -0.15) is 0 Å². The number of nitrogens with two attached hydrogens (primary N) is 1. The number of rotatable bonds is 5. The smallest absolute Gasteiger partial charge is 0.241 e. The van der Waals surface area contributed by atoms with Crippen molar-refractivity contribution >= 4 is 11.6 Å². The van der Waals surface area contributed by atoms with Crippen molar-refractivity contribution < 1.29 is 4.79 Å². The van der Waals surface area contributed by atoms with Gasteiger partial charge in [0.2, 0.25) is 5.91 Å². The summed E-state index contributed by atoms with van der Waals surface area (Å²) in [6, 6.07) is 5.81. The van der Waals surface area contributed by atoms with Crippen LogP contribution in [0.15, 0.2) is 18.2 Å². The number of anilines is 1. The van der Waals surface area contributed by atoms with Crippen LogP contribution in [0.25, 0.3) is 0 Å². The zero-order valence-electron chi connectivity index (χ0n) is 12.7. The van der Waals surface area contributed by atoms with Crippen LogP contribution >= 0.6 is 0 Å². The summed E-state index contributed by atoms with van der Waals surface area (Å²) in [4.78, 5) is 11.9. The van der Waals surface area contributed by atoms with Gasteiger partial charge in [-0.15, -0.1) is 0 Å². The van der Waals surface area contributed by atoms with E-state index in [1.165, 1.54) is 11.1 Å². The Hall–Kier alpha value is -1.35. The molecule has 0 aromatic heterocycles. The van der Waals surface area contributed by atoms with Crippen molar-refractivity contribution in [2.24, 2.45) is 5.73 Å². The molecule has 0 unspecified atom stereocenters. The predicted molar refractivity (Wildman–Crippen MR) is 81.5 cm³/mol. The van der Waals surface area contributed by atoms with E-state index in [1.807, 2.05) is 13.0 Å². The van der Waals surface area contributed by atoms with Gasteiger partial charge >= 0.3 is 0 Å². The quantitative estimate of drug-likeness (QED) is 0.851. The van der Waals surface area contributed by atoms with Crippen molar-refractivity contribution in [3.05, 3.63) is 29.3 Å². The number of benzene rings is 1. The van der Waals surface area contributed by atoms with E-state index in [0.717, 1.165) is 5.69 Å². The largest absolute Gasteiger partial charge is 0.324 e. The molecule has 0 aliphatic heterocycles. The molecule has 3 heteroatoms. The van der Waals surface area contributed by atoms with Crippen molar-refractivity contribution in [2.75, 3.05) is 5.32 Å². The maximum absolute atomic E-state index is 11.9. The first kappa shape index (κ1) is 15.7. The van der Waals surface area contributed by atoms with Crippen LogP contribution in [0.2, 0.25) is 0 Å². The summed E-state index contributed by atoms with van der Waals surface area (Å²) in [6.45, 7) is 10.5. The zero-order chi connectivity index (χ0) is 14.6. The van der Waals surface area contributed by atoms with Crippen LogP contribution in [-0.2, 0) is 4.79 Å². The Morgan fingerprint density at radius 1 is 1.21 bits per heavy atom. The molecule has 0 saturated heterocycles. The van der Waals surface area contributed by atoms with Crippen LogP contribution in [0.5, 0.6) is 0 Å². The van der Waals surface area contributed by atoms with Gasteiger partial charge in [0.1, 0.15) is 0 Å². The van der Waals surface area contributed by atoms with Gasteiger partial charge in [0, 0.05) is 5.69 Å². The minimum absolute atomic E-state index is 0.110. The minimum atomic E-state index is -0.440. The number of hydrogen-bond acceptors (Lipinski definition) is 2. The SMILES string of the molecule is CC[C@H](N)C(=O)Nc1ccc(C(C)C)cc1C(C)C. The minimum Gasteiger partial charge on any atom is -0.324 e. The number of nitrogens with one attached hydrogen (secondary N) is 1. The second kappa shape index (κ2) is 6.71. The first-order valence-electron chi connectivity index (χ1n) is 7.07. The monoisotopic (exact) mass is 262 g/mol. The maximum Gasteiger partial charge on any atom is 0.241 e. The molecule has 106 valence electrons. The Labute approximate surface area is 116 Å². The molecule has 0 bridgehead atoms. The van der Waals surface area contributed by atoms with E-state index in [9.17, 15) is 4.79 Å². The van der Waals surface area contributed by atoms with Crippen LogP contribution in [0.1, 0.15) is 64.0 Å². The molecular formula is C16H26N2O. The Morgan fingerprint density at radius 3 is 2.32 bits per heavy atom. The van der Waals surface area contributed by atoms with Gasteiger partial charge in [-0.05, 0) is 35.4 Å². The molecule has 1 rings (SSSR count). The number of carbonyl (C=O) groups excluding carboxylic acids is 1. The Balaban J connectivity index is 3.04. The molecule has 3 nitrogen and oxygen atoms in total. The van der Waals surface area contributed by atoms with Crippen molar-refractivity contribution in [3.8, 4) is 0 Å². The average molecular weight is 262 g/mol. The third kappa shape index (κ3) is 4.06. The topological polar surface area (TPSA) is 55.1 Å². The van der Waals surface area contributed by atoms with E-state index in [-0.39, 0.29) is 5.91 Å². The van der Waals surface area contributed by atoms with E-state index in [2.05, 4.69) is 45.1 Å². The molecule has 0 spiro atoms. The molecule has 0 fully saturated rings. The molecule has 0 aliphatic carbocycles. The van der Waals surface area contributed by atoms with Gasteiger partial charge < -0.3 is 11.1 Å². The van der Waals surface area contributed by atoms with Crippen LogP contribution in [0, 0.1) is 0 Å². The summed E-state index contributed by atoms with van der Waals surface area (Å²) in [5.74, 6) is 0.744. The van der Waals surface area contributed by atoms with Gasteiger partial charge in [0.05, 0.1) is 6.04 Å². The van der Waals surface area contributed by atoms with Crippen molar-refractivity contribution in [2.45, 2.75) is 58.9 Å². The predicted octanol–water partition coefficient (Wildman–Crippen LogP) is 3.61. The van der Waals surface area contributed by atoms with Crippen LogP contribution < -0.4 is 11.1 Å². The third-order valence-electron chi connectivity index (χ3n) is 3.40. The second-order valence-electron chi connectivity index (χ2n) is 5.66. The van der Waals surface area contributed by atoms with Crippen LogP contribution in [0.4, 0.5) is 5.69 Å². The maximum atomic E-state index is 11.9. The van der Waals surface area contributed by atoms with E-state index >= 15 is 0 Å². The van der Waals surface area contributed by atoms with Crippen LogP contribution in [0.3, 0.4) is 0 Å². The first-order chi connectivity index (χ1) is 8.86. The highest BCUT2D eigenvalue weighted by atomic mass is 16.2. The molecule has 0 heterocycles. The standard InChI is InChI=1S/C16H26N2O/c1-6-14(17)16(19)18-15-8-7-12(10(2)3)9-13(15)11(4)5/h7-11,14H,6,17H2,1-5H3,(H,18,19)/t14-/m0/s1. The van der Waals surface area contributed by atoms with Gasteiger partial charge in [0.25, 0.3) is 0 Å². The van der Waals surface area contributed by atoms with Gasteiger partial charge in [-0.1, -0.05) is 46.8 Å². The number of amides is 1. The molecule has 0 saturated carbocycles. The fourth-order valence-corrected chi connectivity index (χ4v) is 1.94. The van der Waals surface area contributed by atoms with E-state index in [0.29, 0.717) is 18.3 Å². The first-order valence-corrected chi connectivity index (χ1v) is 7.07. The summed E-state index contributed by atoms with van der Waals surface area (Å²) in [5.41, 5.74) is 9.10. The third-order valence-corrected chi connectivity index (χ3v) is 3.40. The molecule has 0 aliphatic rings. The van der Waals surface area contributed by atoms with E-state index in [4.69, 9.17) is 5.73 Å². The van der Waals surface area contributed by atoms with Gasteiger partial charge in [-0.3, -0.25) is 4.79 Å². The molecule has 0 radical (unpaired) electrons. The lowest BCUT2D eigenvalue weighted by Gasteiger charge is -2.18. The summed E-state index contributed by atoms with van der Waals surface area (Å²) in [5, 5.41) is 2.94. The molecule has 1 atom stereocenters. The van der Waals surface area contributed by atoms with E-state index < -0.39 is 6.04 Å². The van der Waals surface area contributed by atoms with Crippen molar-refractivity contribution in [1.29, 1.82) is 0 Å². The normalized spacial score (nSPS) is 12.8. The lowest BCUT2D eigenvalue weighted by molar-refractivity contribution is -0.117. The summed E-state index contributed by atoms with van der Waals surface area (Å²) < 4.78 is 0. The second-order valence-corrected chi connectivity index (χ2v) is 5.66. The Kier molecular flexibility index (Phi) is 5.55. The van der Waals surface area contributed by atoms with Crippen LogP contribution in [-0.4, -0.2) is 11.9 Å². The average Bonchev–Trinajstić information content (AvgIpc) is 2.37. The molecular weight excluding hydrogens is 236 g/mol. The molecule has 1 aromatic carbocycles. The zero-order valence-corrected chi connectivity index (χ0v) is 12.7. The highest BCUT2D eigenvalue weighted by Crippen LogP contribution is 2.28. The number of carbonyl (C=O) groups is 1. The molecule has 1 aromatic rings. The summed E-state index contributed by atoms with van der Waals surface area (Å²) >= 11 is 0. The molecule has 3 N–H and O–H groups in total. The highest BCUT2D eigenvalue weighted by molar-refractivity contribution is 5.95. The van der Waals surface area contributed by atoms with E-state index in [1.54, 1.807) is 0 Å². The van der Waals surface area contributed by atoms with Gasteiger partial charge in [0.15, 0.2) is 0 Å². The molecule has 19 heavy (non-hydrogen) atoms. The lowest BCUT2D eigenvalue weighted by Crippen LogP contribution is -2.35. The lowest BCUT2D eigenvalue weighted by atomic mass is 9.94. The van der Waals surface area contributed by atoms with Crippen molar-refractivity contribution in [3.63, 3.8) is 0 Å². The Bertz CT molecular complexity index is 438. The molecule has 1 amide bonds. The fraction of sp³-hybridized carbons (Fsp3) is 0.562. The number of hydrogen-bond donors (Lipinski definition) is 2. The summed E-state index contributed by atoms with van der Waals surface area (Å²) in [6.07, 6.45) is 0.646. The van der Waals surface area contributed by atoms with Gasteiger partial charge in [-0.25, -0.2) is 0 Å². The fourth-order valence-electron chi connectivity index (χ4n) is 1.94.